The van der Waals surface area contributed by atoms with Crippen LogP contribution in [0.25, 0.3) is 16.9 Å². The van der Waals surface area contributed by atoms with E-state index >= 15 is 0 Å². The SMILES string of the molecule is Cc1c(Cl)c(C(F)(F)F)nn1C(CCOS(C)(=O)=O)C(=O)Nc1cnn(-c2ccc(F)cc2)c1-c1ccccc1. The van der Waals surface area contributed by atoms with Crippen LogP contribution in [0.5, 0.6) is 0 Å². The van der Waals surface area contributed by atoms with Gasteiger partial charge in [0.25, 0.3) is 10.1 Å². The molecule has 0 aliphatic carbocycles. The zero-order chi connectivity index (χ0) is 29.2. The number of alkyl halides is 3. The van der Waals surface area contributed by atoms with E-state index in [1.807, 2.05) is 0 Å². The number of benzene rings is 2. The summed E-state index contributed by atoms with van der Waals surface area (Å²) in [7, 11) is -3.90. The Morgan fingerprint density at radius 2 is 1.77 bits per heavy atom. The van der Waals surface area contributed by atoms with E-state index < -0.39 is 51.4 Å². The normalized spacial score (nSPS) is 12.9. The van der Waals surface area contributed by atoms with Crippen molar-refractivity contribution in [1.82, 2.24) is 19.6 Å². The maximum Gasteiger partial charge on any atom is 0.436 e. The Labute approximate surface area is 231 Å². The van der Waals surface area contributed by atoms with E-state index in [9.17, 15) is 30.8 Å². The van der Waals surface area contributed by atoms with Gasteiger partial charge in [-0.05, 0) is 31.2 Å². The number of anilines is 1. The third-order valence-electron chi connectivity index (χ3n) is 5.78. The molecule has 0 bridgehead atoms. The van der Waals surface area contributed by atoms with Crippen molar-refractivity contribution in [3.8, 4) is 16.9 Å². The summed E-state index contributed by atoms with van der Waals surface area (Å²) >= 11 is 5.90. The molecule has 1 N–H and O–H groups in total. The molecule has 0 spiro atoms. The molecule has 40 heavy (non-hydrogen) atoms. The highest BCUT2D eigenvalue weighted by molar-refractivity contribution is 7.85. The number of nitrogens with one attached hydrogen (secondary N) is 1. The van der Waals surface area contributed by atoms with Crippen LogP contribution in [-0.2, 0) is 25.3 Å². The molecule has 1 amide bonds. The molecular weight excluding hydrogens is 578 g/mol. The minimum absolute atomic E-state index is 0.154. The van der Waals surface area contributed by atoms with Crippen LogP contribution in [0.2, 0.25) is 5.02 Å². The highest BCUT2D eigenvalue weighted by atomic mass is 35.5. The Hall–Kier alpha value is -3.75. The van der Waals surface area contributed by atoms with Crippen molar-refractivity contribution >= 4 is 33.3 Å². The second-order valence-corrected chi connectivity index (χ2v) is 10.7. The summed E-state index contributed by atoms with van der Waals surface area (Å²) in [6, 6.07) is 12.8. The minimum Gasteiger partial charge on any atom is -0.321 e. The lowest BCUT2D eigenvalue weighted by atomic mass is 10.1. The lowest BCUT2D eigenvalue weighted by Gasteiger charge is -2.19. The maximum absolute atomic E-state index is 13.6. The molecule has 0 saturated carbocycles. The predicted molar refractivity (Wildman–Crippen MR) is 139 cm³/mol. The monoisotopic (exact) mass is 599 g/mol. The topological polar surface area (TPSA) is 108 Å². The first-order valence-electron chi connectivity index (χ1n) is 11.6. The third kappa shape index (κ3) is 6.51. The molecule has 0 aliphatic heterocycles. The average Bonchev–Trinajstić information content (AvgIpc) is 3.43. The summed E-state index contributed by atoms with van der Waals surface area (Å²) < 4.78 is 84.0. The molecular formula is C25H22ClF4N5O4S. The summed E-state index contributed by atoms with van der Waals surface area (Å²) in [6.07, 6.45) is -3.12. The summed E-state index contributed by atoms with van der Waals surface area (Å²) in [6.45, 7) is 0.736. The van der Waals surface area contributed by atoms with E-state index in [0.717, 1.165) is 10.9 Å². The largest absolute Gasteiger partial charge is 0.436 e. The molecule has 212 valence electrons. The molecule has 2 aromatic carbocycles. The number of carbonyl (C=O) groups excluding carboxylic acids is 1. The number of hydrogen-bond acceptors (Lipinski definition) is 6. The number of rotatable bonds is 9. The Bertz CT molecular complexity index is 1620. The summed E-state index contributed by atoms with van der Waals surface area (Å²) in [5.74, 6) is -1.29. The van der Waals surface area contributed by atoms with Crippen LogP contribution in [0.4, 0.5) is 23.2 Å². The summed E-state index contributed by atoms with van der Waals surface area (Å²) in [4.78, 5) is 13.6. The number of aromatic nitrogens is 4. The van der Waals surface area contributed by atoms with Crippen molar-refractivity contribution in [2.24, 2.45) is 0 Å². The molecule has 0 aliphatic rings. The molecule has 1 atom stereocenters. The highest BCUT2D eigenvalue weighted by Gasteiger charge is 2.40. The van der Waals surface area contributed by atoms with Gasteiger partial charge in [0.05, 0.1) is 46.8 Å². The van der Waals surface area contributed by atoms with Crippen molar-refractivity contribution in [3.05, 3.63) is 83.0 Å². The van der Waals surface area contributed by atoms with Crippen LogP contribution in [0, 0.1) is 12.7 Å². The van der Waals surface area contributed by atoms with Gasteiger partial charge in [0.1, 0.15) is 11.9 Å². The first kappa shape index (κ1) is 29.2. The summed E-state index contributed by atoms with van der Waals surface area (Å²) in [5.41, 5.74) is 0.137. The summed E-state index contributed by atoms with van der Waals surface area (Å²) in [5, 5.41) is 9.83. The predicted octanol–water partition coefficient (Wildman–Crippen LogP) is 5.40. The molecule has 0 fully saturated rings. The third-order valence-corrected chi connectivity index (χ3v) is 6.82. The quantitative estimate of drug-likeness (QED) is 0.204. The van der Waals surface area contributed by atoms with Crippen molar-refractivity contribution < 1.29 is 35.0 Å². The Balaban J connectivity index is 1.76. The van der Waals surface area contributed by atoms with E-state index in [0.29, 0.717) is 16.9 Å². The Morgan fingerprint density at radius 3 is 2.35 bits per heavy atom. The first-order chi connectivity index (χ1) is 18.8. The van der Waals surface area contributed by atoms with Crippen LogP contribution in [-0.4, -0.2) is 46.7 Å². The molecule has 15 heteroatoms. The second kappa shape index (κ2) is 11.4. The minimum atomic E-state index is -4.89. The van der Waals surface area contributed by atoms with Gasteiger partial charge in [0.2, 0.25) is 5.91 Å². The molecule has 4 rings (SSSR count). The maximum atomic E-state index is 13.6. The van der Waals surface area contributed by atoms with Crippen LogP contribution in [0.1, 0.15) is 23.9 Å². The van der Waals surface area contributed by atoms with Crippen molar-refractivity contribution in [3.63, 3.8) is 0 Å². The highest BCUT2D eigenvalue weighted by Crippen LogP contribution is 2.37. The van der Waals surface area contributed by atoms with Gasteiger partial charge in [-0.25, -0.2) is 9.07 Å². The van der Waals surface area contributed by atoms with Crippen LogP contribution in [0.15, 0.2) is 60.8 Å². The smallest absolute Gasteiger partial charge is 0.321 e. The standard InChI is InChI=1S/C25H22ClF4N5O4S/c1-15-21(26)23(25(28,29)30)33-34(15)20(12-13-39-40(2,37)38)24(36)32-19-14-31-35(18-10-8-17(27)9-11-18)22(19)16-6-4-3-5-7-16/h3-11,14,20H,12-13H2,1-2H3,(H,32,36). The molecule has 2 heterocycles. The van der Waals surface area contributed by atoms with Gasteiger partial charge in [0, 0.05) is 12.0 Å². The van der Waals surface area contributed by atoms with Gasteiger partial charge in [0.15, 0.2) is 5.69 Å². The van der Waals surface area contributed by atoms with Crippen LogP contribution < -0.4 is 5.32 Å². The zero-order valence-corrected chi connectivity index (χ0v) is 22.6. The van der Waals surface area contributed by atoms with Crippen molar-refractivity contribution in [2.45, 2.75) is 25.6 Å². The van der Waals surface area contributed by atoms with Crippen molar-refractivity contribution in [1.29, 1.82) is 0 Å². The van der Waals surface area contributed by atoms with Gasteiger partial charge in [-0.15, -0.1) is 0 Å². The van der Waals surface area contributed by atoms with Gasteiger partial charge in [-0.3, -0.25) is 13.7 Å². The number of nitrogens with zero attached hydrogens (tertiary/aromatic N) is 4. The van der Waals surface area contributed by atoms with E-state index in [2.05, 4.69) is 15.5 Å². The lowest BCUT2D eigenvalue weighted by molar-refractivity contribution is -0.141. The van der Waals surface area contributed by atoms with E-state index in [1.54, 1.807) is 30.3 Å². The number of hydrogen-bond donors (Lipinski definition) is 1. The van der Waals surface area contributed by atoms with E-state index in [-0.39, 0.29) is 17.8 Å². The van der Waals surface area contributed by atoms with Crippen LogP contribution in [0.3, 0.4) is 0 Å². The van der Waals surface area contributed by atoms with Crippen molar-refractivity contribution in [2.75, 3.05) is 18.2 Å². The average molecular weight is 600 g/mol. The number of amides is 1. The van der Waals surface area contributed by atoms with Gasteiger partial charge in [-0.1, -0.05) is 41.9 Å². The number of carbonyl (C=O) groups is 1. The molecule has 4 aromatic rings. The van der Waals surface area contributed by atoms with Gasteiger partial charge >= 0.3 is 6.18 Å². The molecule has 0 saturated heterocycles. The molecule has 1 unspecified atom stereocenters. The van der Waals surface area contributed by atoms with E-state index in [1.165, 1.54) is 42.1 Å². The van der Waals surface area contributed by atoms with Gasteiger partial charge in [-0.2, -0.15) is 31.8 Å². The fraction of sp³-hybridized carbons (Fsp3) is 0.240. The zero-order valence-electron chi connectivity index (χ0n) is 21.0. The van der Waals surface area contributed by atoms with E-state index in [4.69, 9.17) is 15.8 Å². The molecule has 0 radical (unpaired) electrons. The number of halogens is 5. The Kier molecular flexibility index (Phi) is 8.33. The molecule has 2 aromatic heterocycles. The first-order valence-corrected chi connectivity index (χ1v) is 13.8. The van der Waals surface area contributed by atoms with Gasteiger partial charge < -0.3 is 5.32 Å². The second-order valence-electron chi connectivity index (χ2n) is 8.67. The fourth-order valence-electron chi connectivity index (χ4n) is 3.97. The molecule has 9 nitrogen and oxygen atoms in total. The lowest BCUT2D eigenvalue weighted by Crippen LogP contribution is -2.29. The van der Waals surface area contributed by atoms with Crippen LogP contribution >= 0.6 is 11.6 Å². The fourth-order valence-corrected chi connectivity index (χ4v) is 4.60. The Morgan fingerprint density at radius 1 is 1.12 bits per heavy atom.